The van der Waals surface area contributed by atoms with Gasteiger partial charge in [-0.3, -0.25) is 4.79 Å². The third-order valence-corrected chi connectivity index (χ3v) is 4.14. The van der Waals surface area contributed by atoms with Gasteiger partial charge in [-0.2, -0.15) is 5.26 Å². The number of hydrogen-bond donors (Lipinski definition) is 2. The smallest absolute Gasteiger partial charge is 0.340 e. The molecule has 0 saturated heterocycles. The number of ether oxygens (including phenoxy) is 1. The minimum atomic E-state index is -0.613. The van der Waals surface area contributed by atoms with Gasteiger partial charge in [-0.15, -0.1) is 0 Å². The zero-order valence-corrected chi connectivity index (χ0v) is 16.2. The van der Waals surface area contributed by atoms with Crippen LogP contribution in [0.4, 0.5) is 11.4 Å². The van der Waals surface area contributed by atoms with E-state index in [-0.39, 0.29) is 23.4 Å². The van der Waals surface area contributed by atoms with Crippen molar-refractivity contribution in [2.24, 2.45) is 0 Å². The molecule has 0 heterocycles. The molecule has 2 aromatic rings. The van der Waals surface area contributed by atoms with Crippen LogP contribution in [0, 0.1) is 18.3 Å². The van der Waals surface area contributed by atoms with E-state index < -0.39 is 11.9 Å². The summed E-state index contributed by atoms with van der Waals surface area (Å²) in [6, 6.07) is 14.3. The maximum Gasteiger partial charge on any atom is 0.340 e. The Hall–Kier alpha value is -3.59. The van der Waals surface area contributed by atoms with Crippen molar-refractivity contribution < 1.29 is 14.3 Å². The van der Waals surface area contributed by atoms with Crippen molar-refractivity contribution in [2.75, 3.05) is 17.2 Å². The molecule has 2 aromatic carbocycles. The number of nitrogens with one attached hydrogen (secondary N) is 2. The number of hydrogen-bond acceptors (Lipinski definition) is 5. The van der Waals surface area contributed by atoms with Gasteiger partial charge in [0, 0.05) is 11.9 Å². The standard InChI is InChI=1S/C22H23N3O3/c1-4-16-10-8-9-15(3)20(16)24-14-17(13-23)21(26)25-19-12-7-6-11-18(19)22(27)28-5-2/h6-12,14,24H,4-5H2,1-3H3,(H,25,26)/b17-14-. The number of anilines is 2. The Kier molecular flexibility index (Phi) is 7.35. The second-order valence-corrected chi connectivity index (χ2v) is 6.00. The highest BCUT2D eigenvalue weighted by Crippen LogP contribution is 2.22. The molecule has 0 aliphatic rings. The second kappa shape index (κ2) is 9.93. The molecule has 28 heavy (non-hydrogen) atoms. The number of esters is 1. The fourth-order valence-corrected chi connectivity index (χ4v) is 2.69. The van der Waals surface area contributed by atoms with Crippen LogP contribution in [-0.4, -0.2) is 18.5 Å². The van der Waals surface area contributed by atoms with Crippen LogP contribution in [0.15, 0.2) is 54.2 Å². The van der Waals surface area contributed by atoms with Crippen LogP contribution >= 0.6 is 0 Å². The average molecular weight is 377 g/mol. The van der Waals surface area contributed by atoms with Gasteiger partial charge >= 0.3 is 5.97 Å². The number of carbonyl (C=O) groups excluding carboxylic acids is 2. The molecule has 144 valence electrons. The third-order valence-electron chi connectivity index (χ3n) is 4.14. The van der Waals surface area contributed by atoms with Crippen LogP contribution in [-0.2, 0) is 16.0 Å². The Morgan fingerprint density at radius 1 is 1.14 bits per heavy atom. The first-order chi connectivity index (χ1) is 13.5. The van der Waals surface area contributed by atoms with Gasteiger partial charge in [-0.05, 0) is 43.5 Å². The van der Waals surface area contributed by atoms with Gasteiger partial charge in [0.15, 0.2) is 0 Å². The van der Waals surface area contributed by atoms with Gasteiger partial charge in [-0.25, -0.2) is 4.79 Å². The lowest BCUT2D eigenvalue weighted by Crippen LogP contribution is -2.17. The SMILES string of the molecule is CCOC(=O)c1ccccc1NC(=O)/C(C#N)=C\Nc1c(C)cccc1CC. The van der Waals surface area contributed by atoms with Crippen LogP contribution < -0.4 is 10.6 Å². The van der Waals surface area contributed by atoms with Crippen LogP contribution in [0.1, 0.15) is 35.3 Å². The maximum absolute atomic E-state index is 12.5. The summed E-state index contributed by atoms with van der Waals surface area (Å²) in [4.78, 5) is 24.6. The minimum absolute atomic E-state index is 0.107. The van der Waals surface area contributed by atoms with Crippen molar-refractivity contribution in [3.63, 3.8) is 0 Å². The molecule has 2 N–H and O–H groups in total. The molecule has 1 amide bonds. The van der Waals surface area contributed by atoms with E-state index in [1.54, 1.807) is 31.2 Å². The minimum Gasteiger partial charge on any atom is -0.462 e. The lowest BCUT2D eigenvalue weighted by Gasteiger charge is -2.12. The van der Waals surface area contributed by atoms with Crippen LogP contribution in [0.5, 0.6) is 0 Å². The molecule has 2 rings (SSSR count). The normalized spacial score (nSPS) is 10.7. The zero-order valence-electron chi connectivity index (χ0n) is 16.2. The summed E-state index contributed by atoms with van der Waals surface area (Å²) in [5, 5.41) is 15.1. The lowest BCUT2D eigenvalue weighted by molar-refractivity contribution is -0.112. The third kappa shape index (κ3) is 4.98. The summed E-state index contributed by atoms with van der Waals surface area (Å²) in [5.41, 5.74) is 3.39. The van der Waals surface area contributed by atoms with Gasteiger partial charge in [0.05, 0.1) is 17.9 Å². The van der Waals surface area contributed by atoms with Crippen LogP contribution in [0.25, 0.3) is 0 Å². The number of carbonyl (C=O) groups is 2. The topological polar surface area (TPSA) is 91.2 Å². The van der Waals surface area contributed by atoms with Crippen molar-refractivity contribution in [1.82, 2.24) is 0 Å². The Morgan fingerprint density at radius 2 is 1.89 bits per heavy atom. The summed E-state index contributed by atoms with van der Waals surface area (Å²) in [6.45, 7) is 5.92. The zero-order chi connectivity index (χ0) is 20.5. The summed E-state index contributed by atoms with van der Waals surface area (Å²) in [6.07, 6.45) is 2.20. The average Bonchev–Trinajstić information content (AvgIpc) is 2.69. The van der Waals surface area contributed by atoms with E-state index in [4.69, 9.17) is 4.74 Å². The molecule has 0 saturated carbocycles. The number of benzene rings is 2. The highest BCUT2D eigenvalue weighted by molar-refractivity contribution is 6.09. The lowest BCUT2D eigenvalue weighted by atomic mass is 10.1. The predicted octanol–water partition coefficient (Wildman–Crippen LogP) is 4.19. The number of amides is 1. The van der Waals surface area contributed by atoms with E-state index in [0.717, 1.165) is 23.2 Å². The largest absolute Gasteiger partial charge is 0.462 e. The first-order valence-electron chi connectivity index (χ1n) is 9.04. The molecule has 0 unspecified atom stereocenters. The highest BCUT2D eigenvalue weighted by Gasteiger charge is 2.16. The van der Waals surface area contributed by atoms with Crippen LogP contribution in [0.3, 0.4) is 0 Å². The second-order valence-electron chi connectivity index (χ2n) is 6.00. The van der Waals surface area contributed by atoms with Crippen molar-refractivity contribution >= 4 is 23.3 Å². The van der Waals surface area contributed by atoms with E-state index in [9.17, 15) is 14.9 Å². The first kappa shape index (κ1) is 20.7. The van der Waals surface area contributed by atoms with E-state index in [2.05, 4.69) is 10.6 Å². The van der Waals surface area contributed by atoms with E-state index in [0.29, 0.717) is 0 Å². The highest BCUT2D eigenvalue weighted by atomic mass is 16.5. The molecular formula is C22H23N3O3. The van der Waals surface area contributed by atoms with Crippen molar-refractivity contribution in [1.29, 1.82) is 5.26 Å². The molecule has 0 spiro atoms. The number of nitriles is 1. The van der Waals surface area contributed by atoms with Gasteiger partial charge in [-0.1, -0.05) is 37.3 Å². The molecule has 6 nitrogen and oxygen atoms in total. The Morgan fingerprint density at radius 3 is 2.57 bits per heavy atom. The molecular weight excluding hydrogens is 354 g/mol. The summed E-state index contributed by atoms with van der Waals surface area (Å²) in [7, 11) is 0. The summed E-state index contributed by atoms with van der Waals surface area (Å²) >= 11 is 0. The number of rotatable bonds is 7. The van der Waals surface area contributed by atoms with Gasteiger partial charge < -0.3 is 15.4 Å². The molecule has 0 aliphatic heterocycles. The Bertz CT molecular complexity index is 942. The van der Waals surface area contributed by atoms with Gasteiger partial charge in [0.2, 0.25) is 0 Å². The number of para-hydroxylation sites is 2. The summed E-state index contributed by atoms with van der Waals surface area (Å²) in [5.74, 6) is -1.15. The van der Waals surface area contributed by atoms with Crippen molar-refractivity contribution in [3.05, 3.63) is 70.9 Å². The molecule has 0 aromatic heterocycles. The molecule has 6 heteroatoms. The summed E-state index contributed by atoms with van der Waals surface area (Å²) < 4.78 is 5.00. The number of nitrogens with zero attached hydrogens (tertiary/aromatic N) is 1. The molecule has 0 bridgehead atoms. The molecule has 0 aliphatic carbocycles. The fraction of sp³-hybridized carbons (Fsp3) is 0.227. The van der Waals surface area contributed by atoms with E-state index >= 15 is 0 Å². The quantitative estimate of drug-likeness (QED) is 0.429. The van der Waals surface area contributed by atoms with Gasteiger partial charge in [0.1, 0.15) is 11.6 Å². The van der Waals surface area contributed by atoms with E-state index in [1.165, 1.54) is 6.20 Å². The molecule has 0 radical (unpaired) electrons. The van der Waals surface area contributed by atoms with E-state index in [1.807, 2.05) is 38.1 Å². The maximum atomic E-state index is 12.5. The Labute approximate surface area is 164 Å². The van der Waals surface area contributed by atoms with Crippen molar-refractivity contribution in [3.8, 4) is 6.07 Å². The monoisotopic (exact) mass is 377 g/mol. The fourth-order valence-electron chi connectivity index (χ4n) is 2.69. The molecule has 0 fully saturated rings. The number of aryl methyl sites for hydroxylation is 2. The molecule has 0 atom stereocenters. The Balaban J connectivity index is 2.23. The first-order valence-corrected chi connectivity index (χ1v) is 9.04. The van der Waals surface area contributed by atoms with Crippen molar-refractivity contribution in [2.45, 2.75) is 27.2 Å². The van der Waals surface area contributed by atoms with Crippen LogP contribution in [0.2, 0.25) is 0 Å². The van der Waals surface area contributed by atoms with Gasteiger partial charge in [0.25, 0.3) is 5.91 Å². The predicted molar refractivity (Wildman–Crippen MR) is 109 cm³/mol.